The fourth-order valence-electron chi connectivity index (χ4n) is 3.31. The number of aromatic nitrogens is 2. The number of ether oxygens (including phenoxy) is 1. The molecule has 2 heterocycles. The first-order valence-electron chi connectivity index (χ1n) is 9.27. The Morgan fingerprint density at radius 1 is 1.41 bits per heavy atom. The van der Waals surface area contributed by atoms with Gasteiger partial charge in [0.15, 0.2) is 0 Å². The predicted octanol–water partition coefficient (Wildman–Crippen LogP) is 2.97. The van der Waals surface area contributed by atoms with Crippen LogP contribution in [0.1, 0.15) is 55.5 Å². The van der Waals surface area contributed by atoms with E-state index in [0.29, 0.717) is 31.4 Å². The molecule has 0 spiro atoms. The van der Waals surface area contributed by atoms with Crippen LogP contribution in [0.15, 0.2) is 28.8 Å². The van der Waals surface area contributed by atoms with Gasteiger partial charge in [-0.3, -0.25) is 0 Å². The number of hydrogen-bond acceptors (Lipinski definition) is 5. The van der Waals surface area contributed by atoms with Crippen LogP contribution in [0.4, 0.5) is 9.18 Å². The highest BCUT2D eigenvalue weighted by atomic mass is 19.1. The largest absolute Gasteiger partial charge is 0.366 e. The molecule has 1 aromatic carbocycles. The van der Waals surface area contributed by atoms with E-state index in [1.165, 1.54) is 12.1 Å². The Hall–Kier alpha value is -2.48. The number of carbonyl (C=O) groups excluding carboxylic acids is 1. The molecule has 1 aromatic heterocycles. The number of rotatable bonds is 4. The zero-order chi connectivity index (χ0) is 19.0. The standard InChI is InChI=1S/C19H23FN4O3/c1-11(2)18-22-17(23-27-18)16-10-24(6-7-26-16)19(25)21-15-9-14(15)12-4-3-5-13(20)8-12/h3-5,8,11,14-16H,6-7,9-10H2,1-2H3,(H,21,25)/t14-,15+,16?/m0/s1. The Morgan fingerprint density at radius 3 is 3.00 bits per heavy atom. The van der Waals surface area contributed by atoms with E-state index in [0.717, 1.165) is 12.0 Å². The van der Waals surface area contributed by atoms with E-state index >= 15 is 0 Å². The van der Waals surface area contributed by atoms with Crippen molar-refractivity contribution < 1.29 is 18.4 Å². The summed E-state index contributed by atoms with van der Waals surface area (Å²) in [6.07, 6.45) is 0.435. The molecular formula is C19H23FN4O3. The molecule has 27 heavy (non-hydrogen) atoms. The summed E-state index contributed by atoms with van der Waals surface area (Å²) in [5, 5.41) is 7.01. The van der Waals surface area contributed by atoms with Gasteiger partial charge in [-0.2, -0.15) is 4.98 Å². The number of nitrogens with one attached hydrogen (secondary N) is 1. The van der Waals surface area contributed by atoms with E-state index < -0.39 is 0 Å². The minimum atomic E-state index is -0.390. The lowest BCUT2D eigenvalue weighted by atomic mass is 10.1. The summed E-state index contributed by atoms with van der Waals surface area (Å²) >= 11 is 0. The number of carbonyl (C=O) groups is 1. The van der Waals surface area contributed by atoms with Crippen molar-refractivity contribution in [3.8, 4) is 0 Å². The molecular weight excluding hydrogens is 351 g/mol. The number of nitrogens with zero attached hydrogens (tertiary/aromatic N) is 3. The molecule has 8 heteroatoms. The van der Waals surface area contributed by atoms with Crippen molar-refractivity contribution >= 4 is 6.03 Å². The van der Waals surface area contributed by atoms with Crippen LogP contribution in [-0.4, -0.2) is 46.8 Å². The lowest BCUT2D eigenvalue weighted by Crippen LogP contribution is -2.48. The Morgan fingerprint density at radius 2 is 2.26 bits per heavy atom. The van der Waals surface area contributed by atoms with E-state index in [1.54, 1.807) is 11.0 Å². The number of amides is 2. The van der Waals surface area contributed by atoms with Gasteiger partial charge in [0.1, 0.15) is 11.9 Å². The Kier molecular flexibility index (Phi) is 4.82. The van der Waals surface area contributed by atoms with Gasteiger partial charge < -0.3 is 19.5 Å². The smallest absolute Gasteiger partial charge is 0.317 e. The zero-order valence-electron chi connectivity index (χ0n) is 15.4. The number of halogens is 1. The van der Waals surface area contributed by atoms with Crippen molar-refractivity contribution in [2.45, 2.75) is 44.2 Å². The maximum absolute atomic E-state index is 13.4. The van der Waals surface area contributed by atoms with Crippen molar-refractivity contribution in [1.82, 2.24) is 20.4 Å². The molecule has 1 N–H and O–H groups in total. The third-order valence-electron chi connectivity index (χ3n) is 4.97. The number of urea groups is 1. The molecule has 2 aromatic rings. The number of benzene rings is 1. The summed E-state index contributed by atoms with van der Waals surface area (Å²) in [5.41, 5.74) is 0.924. The summed E-state index contributed by atoms with van der Waals surface area (Å²) in [6.45, 7) is 5.25. The second kappa shape index (κ2) is 7.26. The third-order valence-corrected chi connectivity index (χ3v) is 4.97. The lowest BCUT2D eigenvalue weighted by Gasteiger charge is -2.31. The average molecular weight is 374 g/mol. The monoisotopic (exact) mass is 374 g/mol. The summed E-state index contributed by atoms with van der Waals surface area (Å²) in [6, 6.07) is 6.45. The Labute approximate surface area is 156 Å². The molecule has 1 aliphatic carbocycles. The van der Waals surface area contributed by atoms with E-state index in [-0.39, 0.29) is 35.8 Å². The highest BCUT2D eigenvalue weighted by Crippen LogP contribution is 2.41. The van der Waals surface area contributed by atoms with Gasteiger partial charge >= 0.3 is 6.03 Å². The Balaban J connectivity index is 1.34. The molecule has 3 atom stereocenters. The molecule has 1 saturated carbocycles. The molecule has 1 saturated heterocycles. The molecule has 0 bridgehead atoms. The van der Waals surface area contributed by atoms with Gasteiger partial charge in [-0.25, -0.2) is 9.18 Å². The normalized spacial score (nSPS) is 24.9. The minimum absolute atomic E-state index is 0.0401. The first-order chi connectivity index (χ1) is 13.0. The van der Waals surface area contributed by atoms with Crippen LogP contribution in [0.5, 0.6) is 0 Å². The first-order valence-corrected chi connectivity index (χ1v) is 9.27. The van der Waals surface area contributed by atoms with Crippen molar-refractivity contribution in [2.24, 2.45) is 0 Å². The van der Waals surface area contributed by atoms with Crippen molar-refractivity contribution in [2.75, 3.05) is 19.7 Å². The van der Waals surface area contributed by atoms with Gasteiger partial charge in [-0.05, 0) is 24.1 Å². The first kappa shape index (κ1) is 17.9. The third kappa shape index (κ3) is 3.95. The lowest BCUT2D eigenvalue weighted by molar-refractivity contribution is -0.0209. The van der Waals surface area contributed by atoms with Crippen molar-refractivity contribution in [3.05, 3.63) is 47.4 Å². The summed E-state index contributed by atoms with van der Waals surface area (Å²) in [4.78, 5) is 18.7. The maximum Gasteiger partial charge on any atom is 0.317 e. The molecule has 2 amide bonds. The van der Waals surface area contributed by atoms with E-state index in [4.69, 9.17) is 9.26 Å². The minimum Gasteiger partial charge on any atom is -0.366 e. The molecule has 0 radical (unpaired) electrons. The average Bonchev–Trinajstić information content (AvgIpc) is 3.24. The molecule has 1 unspecified atom stereocenters. The highest BCUT2D eigenvalue weighted by Gasteiger charge is 2.41. The summed E-state index contributed by atoms with van der Waals surface area (Å²) in [7, 11) is 0. The SMILES string of the molecule is CC(C)c1nc(C2CN(C(=O)N[C@@H]3C[C@H]3c3cccc(F)c3)CCO2)no1. The second-order valence-corrected chi connectivity index (χ2v) is 7.40. The quantitative estimate of drug-likeness (QED) is 0.890. The summed E-state index contributed by atoms with van der Waals surface area (Å²) in [5.74, 6) is 1.10. The van der Waals surface area contributed by atoms with Gasteiger partial charge in [-0.15, -0.1) is 0 Å². The van der Waals surface area contributed by atoms with Gasteiger partial charge in [0, 0.05) is 24.4 Å². The van der Waals surface area contributed by atoms with Gasteiger partial charge in [0.2, 0.25) is 11.7 Å². The van der Waals surface area contributed by atoms with Gasteiger partial charge in [-0.1, -0.05) is 31.1 Å². The van der Waals surface area contributed by atoms with Crippen LogP contribution in [0.3, 0.4) is 0 Å². The van der Waals surface area contributed by atoms with Crippen LogP contribution in [0, 0.1) is 5.82 Å². The van der Waals surface area contributed by atoms with E-state index in [1.807, 2.05) is 19.9 Å². The van der Waals surface area contributed by atoms with Crippen LogP contribution in [0.25, 0.3) is 0 Å². The van der Waals surface area contributed by atoms with Gasteiger partial charge in [0.05, 0.1) is 13.2 Å². The van der Waals surface area contributed by atoms with Gasteiger partial charge in [0.25, 0.3) is 0 Å². The number of hydrogen-bond donors (Lipinski definition) is 1. The molecule has 2 fully saturated rings. The molecule has 4 rings (SSSR count). The second-order valence-electron chi connectivity index (χ2n) is 7.40. The molecule has 2 aliphatic rings. The predicted molar refractivity (Wildman–Crippen MR) is 94.7 cm³/mol. The van der Waals surface area contributed by atoms with Crippen molar-refractivity contribution in [3.63, 3.8) is 0 Å². The van der Waals surface area contributed by atoms with Crippen LogP contribution < -0.4 is 5.32 Å². The molecule has 144 valence electrons. The topological polar surface area (TPSA) is 80.5 Å². The summed E-state index contributed by atoms with van der Waals surface area (Å²) < 4.78 is 24.3. The zero-order valence-corrected chi connectivity index (χ0v) is 15.4. The van der Waals surface area contributed by atoms with Crippen molar-refractivity contribution in [1.29, 1.82) is 0 Å². The maximum atomic E-state index is 13.4. The molecule has 7 nitrogen and oxygen atoms in total. The highest BCUT2D eigenvalue weighted by molar-refractivity contribution is 5.75. The van der Waals surface area contributed by atoms with Crippen LogP contribution in [0.2, 0.25) is 0 Å². The fraction of sp³-hybridized carbons (Fsp3) is 0.526. The Bertz CT molecular complexity index is 825. The van der Waals surface area contributed by atoms with E-state index in [2.05, 4.69) is 15.5 Å². The van der Waals surface area contributed by atoms with Crippen LogP contribution in [-0.2, 0) is 4.74 Å². The fourth-order valence-corrected chi connectivity index (χ4v) is 3.31. The van der Waals surface area contributed by atoms with E-state index in [9.17, 15) is 9.18 Å². The molecule has 1 aliphatic heterocycles. The van der Waals surface area contributed by atoms with Crippen LogP contribution >= 0.6 is 0 Å². The number of morpholine rings is 1.